The van der Waals surface area contributed by atoms with Crippen LogP contribution in [0.25, 0.3) is 6.08 Å². The summed E-state index contributed by atoms with van der Waals surface area (Å²) in [4.78, 5) is 23.0. The first-order chi connectivity index (χ1) is 28.5. The van der Waals surface area contributed by atoms with Crippen molar-refractivity contribution in [2.24, 2.45) is 0 Å². The van der Waals surface area contributed by atoms with Gasteiger partial charge in [-0.3, -0.25) is 9.44 Å². The maximum absolute atomic E-state index is 12.9. The zero-order chi connectivity index (χ0) is 43.3. The van der Waals surface area contributed by atoms with E-state index < -0.39 is 32.0 Å². The lowest BCUT2D eigenvalue weighted by molar-refractivity contribution is 0.0684. The molecule has 310 valence electrons. The van der Waals surface area contributed by atoms with Crippen molar-refractivity contribution in [3.05, 3.63) is 202 Å². The fraction of sp³-hybridized carbons (Fsp3) is 0.167. The molecule has 6 rings (SSSR count). The summed E-state index contributed by atoms with van der Waals surface area (Å²) in [5.74, 6) is -1.94. The number of carbonyl (C=O) groups is 2. The first-order valence-corrected chi connectivity index (χ1v) is 22.2. The minimum absolute atomic E-state index is 0.0609. The van der Waals surface area contributed by atoms with E-state index in [2.05, 4.69) is 30.2 Å². The zero-order valence-corrected chi connectivity index (χ0v) is 35.2. The van der Waals surface area contributed by atoms with Gasteiger partial charge in [-0.1, -0.05) is 136 Å². The number of rotatable bonds is 15. The Morgan fingerprint density at radius 2 is 0.917 bits per heavy atom. The van der Waals surface area contributed by atoms with Crippen LogP contribution < -0.4 is 9.44 Å². The third kappa shape index (κ3) is 12.7. The van der Waals surface area contributed by atoms with Gasteiger partial charge in [-0.15, -0.1) is 0 Å². The molecule has 4 N–H and O–H groups in total. The zero-order valence-electron chi connectivity index (χ0n) is 33.6. The van der Waals surface area contributed by atoms with Gasteiger partial charge in [0.2, 0.25) is 0 Å². The van der Waals surface area contributed by atoms with Crippen LogP contribution in [0.3, 0.4) is 0 Å². The molecule has 10 nitrogen and oxygen atoms in total. The molecule has 0 aliphatic carbocycles. The number of carboxylic acid groups (broad SMARTS) is 2. The lowest BCUT2D eigenvalue weighted by atomic mass is 9.87. The third-order valence-corrected chi connectivity index (χ3v) is 12.0. The molecule has 0 heterocycles. The second-order valence-electron chi connectivity index (χ2n) is 15.0. The Morgan fingerprint density at radius 1 is 0.517 bits per heavy atom. The molecule has 6 aromatic carbocycles. The van der Waals surface area contributed by atoms with Crippen LogP contribution in [0, 0.1) is 0 Å². The number of aromatic carboxylic acids is 2. The number of nitrogens with one attached hydrogen (secondary N) is 2. The van der Waals surface area contributed by atoms with Crippen molar-refractivity contribution in [1.29, 1.82) is 0 Å². The van der Waals surface area contributed by atoms with Crippen molar-refractivity contribution in [1.82, 2.24) is 0 Å². The quantitative estimate of drug-likeness (QED) is 0.0793. The van der Waals surface area contributed by atoms with Gasteiger partial charge < -0.3 is 10.2 Å². The van der Waals surface area contributed by atoms with E-state index in [4.69, 9.17) is 0 Å². The van der Waals surface area contributed by atoms with Crippen LogP contribution >= 0.6 is 0 Å². The fourth-order valence-electron chi connectivity index (χ4n) is 6.37. The van der Waals surface area contributed by atoms with Crippen molar-refractivity contribution < 1.29 is 36.6 Å². The number of para-hydroxylation sites is 2. The number of sulfonamides is 2. The molecule has 0 amide bonds. The fourth-order valence-corrected chi connectivity index (χ4v) is 8.38. The minimum atomic E-state index is -3.75. The van der Waals surface area contributed by atoms with E-state index in [0.29, 0.717) is 48.2 Å². The number of carboxylic acids is 2. The standard InChI is InChI=1S/C25H27NO4S.C23H21NO4S/c1-25(2,3)20-14-16-21(17-15-20)31(29,30)26-23-11-7-5-9-19(23)13-12-18-8-4-6-10-22(18)24(27)28;25-23(26)21-12-6-4-10-19(21)14-15-20-11-5-7-13-22(20)24-29(27,28)17-16-18-8-2-1-3-9-18/h4-11,14-17,26H,12-13H2,1-3H3,(H,27,28);1-13,16-17,24H,14-15H2,(H,25,26)/b;17-16+. The van der Waals surface area contributed by atoms with Crippen LogP contribution in [0.5, 0.6) is 0 Å². The van der Waals surface area contributed by atoms with E-state index in [1.807, 2.05) is 66.7 Å². The molecule has 0 aromatic heterocycles. The van der Waals surface area contributed by atoms with E-state index in [1.165, 1.54) is 6.08 Å². The molecule has 0 saturated carbocycles. The van der Waals surface area contributed by atoms with Crippen LogP contribution in [-0.4, -0.2) is 39.0 Å². The van der Waals surface area contributed by atoms with Crippen molar-refractivity contribution >= 4 is 49.4 Å². The maximum Gasteiger partial charge on any atom is 0.335 e. The topological polar surface area (TPSA) is 167 Å². The van der Waals surface area contributed by atoms with E-state index in [0.717, 1.165) is 27.7 Å². The molecule has 0 spiro atoms. The average molecular weight is 845 g/mol. The molecule has 6 aromatic rings. The van der Waals surface area contributed by atoms with Gasteiger partial charge in [-0.2, -0.15) is 0 Å². The molecule has 0 saturated heterocycles. The van der Waals surface area contributed by atoms with Crippen molar-refractivity contribution in [3.8, 4) is 0 Å². The van der Waals surface area contributed by atoms with E-state index in [9.17, 15) is 36.6 Å². The molecule has 0 bridgehead atoms. The molecule has 0 unspecified atom stereocenters. The summed E-state index contributed by atoms with van der Waals surface area (Å²) < 4.78 is 56.1. The van der Waals surface area contributed by atoms with Crippen molar-refractivity contribution in [3.63, 3.8) is 0 Å². The van der Waals surface area contributed by atoms with Crippen LogP contribution in [-0.2, 0) is 51.1 Å². The molecule has 0 aliphatic heterocycles. The van der Waals surface area contributed by atoms with Crippen LogP contribution in [0.1, 0.15) is 74.9 Å². The molecule has 12 heteroatoms. The van der Waals surface area contributed by atoms with E-state index >= 15 is 0 Å². The van der Waals surface area contributed by atoms with Gasteiger partial charge in [0.25, 0.3) is 20.0 Å². The maximum atomic E-state index is 12.9. The third-order valence-electron chi connectivity index (χ3n) is 9.62. The number of aryl methyl sites for hydroxylation is 4. The van der Waals surface area contributed by atoms with Gasteiger partial charge in [0, 0.05) is 0 Å². The Labute approximate surface area is 352 Å². The minimum Gasteiger partial charge on any atom is -0.478 e. The summed E-state index contributed by atoms with van der Waals surface area (Å²) in [5.41, 5.74) is 6.31. The molecular formula is C48H48N2O8S2. The SMILES string of the molecule is CC(C)(C)c1ccc(S(=O)(=O)Nc2ccccc2CCc2ccccc2C(=O)O)cc1.O=C(O)c1ccccc1CCc1ccccc1NS(=O)(=O)/C=C/c1ccccc1. The number of anilines is 2. The highest BCUT2D eigenvalue weighted by molar-refractivity contribution is 7.95. The predicted molar refractivity (Wildman–Crippen MR) is 238 cm³/mol. The number of benzene rings is 6. The largest absolute Gasteiger partial charge is 0.478 e. The first kappa shape index (κ1) is 44.6. The van der Waals surface area contributed by atoms with Crippen molar-refractivity contribution in [2.75, 3.05) is 9.44 Å². The molecule has 0 radical (unpaired) electrons. The van der Waals surface area contributed by atoms with Crippen LogP contribution in [0.15, 0.2) is 162 Å². The molecule has 0 aliphatic rings. The highest BCUT2D eigenvalue weighted by Crippen LogP contribution is 2.26. The Kier molecular flexibility index (Phi) is 14.8. The van der Waals surface area contributed by atoms with Gasteiger partial charge in [-0.25, -0.2) is 26.4 Å². The Bertz CT molecular complexity index is 2670. The van der Waals surface area contributed by atoms with Crippen LogP contribution in [0.2, 0.25) is 0 Å². The van der Waals surface area contributed by atoms with Gasteiger partial charge in [0.1, 0.15) is 0 Å². The summed E-state index contributed by atoms with van der Waals surface area (Å²) in [6.45, 7) is 6.23. The summed E-state index contributed by atoms with van der Waals surface area (Å²) in [5, 5.41) is 19.8. The van der Waals surface area contributed by atoms with Gasteiger partial charge >= 0.3 is 11.9 Å². The Balaban J connectivity index is 0.000000228. The summed E-state index contributed by atoms with van der Waals surface area (Å²) in [6.07, 6.45) is 3.52. The lowest BCUT2D eigenvalue weighted by Gasteiger charge is -2.19. The number of hydrogen-bond donors (Lipinski definition) is 4. The molecular weight excluding hydrogens is 797 g/mol. The second kappa shape index (κ2) is 20.0. The Morgan fingerprint density at radius 3 is 1.38 bits per heavy atom. The van der Waals surface area contributed by atoms with Crippen molar-refractivity contribution in [2.45, 2.75) is 56.8 Å². The molecule has 60 heavy (non-hydrogen) atoms. The average Bonchev–Trinajstić information content (AvgIpc) is 3.22. The predicted octanol–water partition coefficient (Wildman–Crippen LogP) is 9.85. The molecule has 0 atom stereocenters. The molecule has 0 fully saturated rings. The normalized spacial score (nSPS) is 11.7. The summed E-state index contributed by atoms with van der Waals surface area (Å²) in [7, 11) is -7.43. The smallest absolute Gasteiger partial charge is 0.335 e. The summed E-state index contributed by atoms with van der Waals surface area (Å²) >= 11 is 0. The van der Waals surface area contributed by atoms with Gasteiger partial charge in [0.15, 0.2) is 0 Å². The van der Waals surface area contributed by atoms with Crippen LogP contribution in [0.4, 0.5) is 11.4 Å². The van der Waals surface area contributed by atoms with E-state index in [-0.39, 0.29) is 21.4 Å². The number of hydrogen-bond acceptors (Lipinski definition) is 6. The highest BCUT2D eigenvalue weighted by atomic mass is 32.2. The van der Waals surface area contributed by atoms with Gasteiger partial charge in [-0.05, 0) is 107 Å². The first-order valence-electron chi connectivity index (χ1n) is 19.2. The monoisotopic (exact) mass is 844 g/mol. The summed E-state index contributed by atoms with van der Waals surface area (Å²) in [6, 6.07) is 44.1. The second-order valence-corrected chi connectivity index (χ2v) is 18.2. The van der Waals surface area contributed by atoms with E-state index in [1.54, 1.807) is 84.9 Å². The Hall–Kier alpha value is -6.50. The highest BCUT2D eigenvalue weighted by Gasteiger charge is 2.19. The van der Waals surface area contributed by atoms with Gasteiger partial charge in [0.05, 0.1) is 32.8 Å². The lowest BCUT2D eigenvalue weighted by Crippen LogP contribution is -2.16.